The number of hydrogen-bond acceptors (Lipinski definition) is 1. The van der Waals surface area contributed by atoms with E-state index < -0.39 is 6.17 Å². The molecule has 0 spiro atoms. The van der Waals surface area contributed by atoms with E-state index in [9.17, 15) is 4.39 Å². The molecule has 0 aromatic rings. The van der Waals surface area contributed by atoms with Crippen molar-refractivity contribution in [2.75, 3.05) is 6.61 Å². The summed E-state index contributed by atoms with van der Waals surface area (Å²) in [7, 11) is 0. The standard InChI is InChI=1S/C6H13FO/c1-2-3-4-6(7)5-8/h6,8H,2-5H2,1H3. The first-order valence-corrected chi connectivity index (χ1v) is 3.06. The van der Waals surface area contributed by atoms with Gasteiger partial charge < -0.3 is 5.11 Å². The molecule has 0 bridgehead atoms. The summed E-state index contributed by atoms with van der Waals surface area (Å²) in [5.74, 6) is 0. The molecule has 2 heteroatoms. The summed E-state index contributed by atoms with van der Waals surface area (Å²) in [6, 6.07) is 0. The Labute approximate surface area is 49.5 Å². The lowest BCUT2D eigenvalue weighted by Gasteiger charge is -1.99. The predicted molar refractivity (Wildman–Crippen MR) is 31.5 cm³/mol. The van der Waals surface area contributed by atoms with E-state index in [-0.39, 0.29) is 6.61 Å². The number of aliphatic hydroxyl groups excluding tert-OH is 1. The highest BCUT2D eigenvalue weighted by molar-refractivity contribution is 4.51. The monoisotopic (exact) mass is 120 g/mol. The number of hydrogen-bond donors (Lipinski definition) is 1. The number of aliphatic hydroxyl groups is 1. The fraction of sp³-hybridized carbons (Fsp3) is 1.00. The molecule has 0 aromatic carbocycles. The molecule has 0 fully saturated rings. The average Bonchev–Trinajstić information content (AvgIpc) is 1.83. The Morgan fingerprint density at radius 1 is 1.62 bits per heavy atom. The average molecular weight is 120 g/mol. The van der Waals surface area contributed by atoms with Gasteiger partial charge in [-0.2, -0.15) is 0 Å². The predicted octanol–water partition coefficient (Wildman–Crippen LogP) is 1.51. The molecule has 1 unspecified atom stereocenters. The van der Waals surface area contributed by atoms with Crippen LogP contribution in [0.5, 0.6) is 0 Å². The van der Waals surface area contributed by atoms with E-state index in [1.807, 2.05) is 6.92 Å². The highest BCUT2D eigenvalue weighted by Crippen LogP contribution is 2.02. The lowest BCUT2D eigenvalue weighted by atomic mass is 10.2. The number of alkyl halides is 1. The van der Waals surface area contributed by atoms with Crippen LogP contribution in [0.1, 0.15) is 26.2 Å². The van der Waals surface area contributed by atoms with Gasteiger partial charge in [-0.05, 0) is 6.42 Å². The molecule has 0 radical (unpaired) electrons. The van der Waals surface area contributed by atoms with Crippen LogP contribution in [0.15, 0.2) is 0 Å². The summed E-state index contributed by atoms with van der Waals surface area (Å²) in [5, 5.41) is 8.19. The summed E-state index contributed by atoms with van der Waals surface area (Å²) in [5.41, 5.74) is 0. The Balaban J connectivity index is 2.86. The van der Waals surface area contributed by atoms with Gasteiger partial charge in [0.05, 0.1) is 6.61 Å². The van der Waals surface area contributed by atoms with Crippen LogP contribution in [0.4, 0.5) is 4.39 Å². The lowest BCUT2D eigenvalue weighted by molar-refractivity contribution is 0.168. The van der Waals surface area contributed by atoms with Crippen LogP contribution in [0.2, 0.25) is 0 Å². The van der Waals surface area contributed by atoms with E-state index in [0.29, 0.717) is 6.42 Å². The fourth-order valence-corrected chi connectivity index (χ4v) is 0.517. The second-order valence-electron chi connectivity index (χ2n) is 1.92. The van der Waals surface area contributed by atoms with Gasteiger partial charge in [0.15, 0.2) is 0 Å². The van der Waals surface area contributed by atoms with E-state index in [1.165, 1.54) is 0 Å². The van der Waals surface area contributed by atoms with Crippen molar-refractivity contribution in [3.63, 3.8) is 0 Å². The third-order valence-corrected chi connectivity index (χ3v) is 1.07. The van der Waals surface area contributed by atoms with E-state index in [4.69, 9.17) is 5.11 Å². The van der Waals surface area contributed by atoms with Gasteiger partial charge in [-0.15, -0.1) is 0 Å². The van der Waals surface area contributed by atoms with Crippen molar-refractivity contribution in [3.8, 4) is 0 Å². The van der Waals surface area contributed by atoms with Crippen molar-refractivity contribution in [2.45, 2.75) is 32.4 Å². The molecular weight excluding hydrogens is 107 g/mol. The third kappa shape index (κ3) is 4.06. The topological polar surface area (TPSA) is 20.2 Å². The highest BCUT2D eigenvalue weighted by Gasteiger charge is 2.00. The number of unbranched alkanes of at least 4 members (excludes halogenated alkanes) is 1. The SMILES string of the molecule is CCCCC(F)CO. The summed E-state index contributed by atoms with van der Waals surface area (Å²) in [6.45, 7) is 1.68. The van der Waals surface area contributed by atoms with Crippen molar-refractivity contribution in [2.24, 2.45) is 0 Å². The van der Waals surface area contributed by atoms with Crippen LogP contribution in [0.25, 0.3) is 0 Å². The molecule has 0 heterocycles. The van der Waals surface area contributed by atoms with Gasteiger partial charge in [-0.25, -0.2) is 4.39 Å². The van der Waals surface area contributed by atoms with Crippen LogP contribution < -0.4 is 0 Å². The van der Waals surface area contributed by atoms with Crippen molar-refractivity contribution < 1.29 is 9.50 Å². The smallest absolute Gasteiger partial charge is 0.123 e. The van der Waals surface area contributed by atoms with E-state index in [0.717, 1.165) is 12.8 Å². The molecule has 8 heavy (non-hydrogen) atoms. The summed E-state index contributed by atoms with van der Waals surface area (Å²) >= 11 is 0. The maximum absolute atomic E-state index is 12.1. The maximum Gasteiger partial charge on any atom is 0.123 e. The molecule has 0 aliphatic carbocycles. The van der Waals surface area contributed by atoms with E-state index in [1.54, 1.807) is 0 Å². The normalized spacial score (nSPS) is 13.9. The minimum Gasteiger partial charge on any atom is -0.393 e. The maximum atomic E-state index is 12.1. The minimum atomic E-state index is -0.991. The first kappa shape index (κ1) is 7.89. The molecule has 1 nitrogen and oxygen atoms in total. The second kappa shape index (κ2) is 5.04. The van der Waals surface area contributed by atoms with Gasteiger partial charge in [0.2, 0.25) is 0 Å². The Morgan fingerprint density at radius 3 is 2.62 bits per heavy atom. The zero-order valence-electron chi connectivity index (χ0n) is 5.23. The van der Waals surface area contributed by atoms with Crippen LogP contribution >= 0.6 is 0 Å². The molecule has 0 aliphatic rings. The van der Waals surface area contributed by atoms with Crippen molar-refractivity contribution in [1.29, 1.82) is 0 Å². The van der Waals surface area contributed by atoms with Crippen molar-refractivity contribution >= 4 is 0 Å². The Hall–Kier alpha value is -0.110. The Morgan fingerprint density at radius 2 is 2.25 bits per heavy atom. The van der Waals surface area contributed by atoms with Gasteiger partial charge in [-0.3, -0.25) is 0 Å². The van der Waals surface area contributed by atoms with Gasteiger partial charge >= 0.3 is 0 Å². The molecule has 1 N–H and O–H groups in total. The van der Waals surface area contributed by atoms with Crippen LogP contribution in [-0.4, -0.2) is 17.9 Å². The summed E-state index contributed by atoms with van der Waals surface area (Å²) in [6.07, 6.45) is 1.39. The van der Waals surface area contributed by atoms with E-state index >= 15 is 0 Å². The minimum absolute atomic E-state index is 0.319. The largest absolute Gasteiger partial charge is 0.393 e. The van der Waals surface area contributed by atoms with Crippen molar-refractivity contribution in [1.82, 2.24) is 0 Å². The molecule has 0 aliphatic heterocycles. The summed E-state index contributed by atoms with van der Waals surface area (Å²) < 4.78 is 12.1. The van der Waals surface area contributed by atoms with Gasteiger partial charge in [0.25, 0.3) is 0 Å². The Kier molecular flexibility index (Phi) is 4.97. The van der Waals surface area contributed by atoms with Gasteiger partial charge in [0, 0.05) is 0 Å². The molecule has 0 saturated carbocycles. The van der Waals surface area contributed by atoms with Crippen molar-refractivity contribution in [3.05, 3.63) is 0 Å². The number of halogens is 1. The zero-order valence-corrected chi connectivity index (χ0v) is 5.23. The lowest BCUT2D eigenvalue weighted by Crippen LogP contribution is -2.04. The molecule has 0 rings (SSSR count). The second-order valence-corrected chi connectivity index (χ2v) is 1.92. The number of rotatable bonds is 4. The first-order valence-electron chi connectivity index (χ1n) is 3.06. The summed E-state index contributed by atoms with van der Waals surface area (Å²) in [4.78, 5) is 0. The molecule has 0 amide bonds. The fourth-order valence-electron chi connectivity index (χ4n) is 0.517. The Bertz CT molecular complexity index is 47.8. The quantitative estimate of drug-likeness (QED) is 0.596. The van der Waals surface area contributed by atoms with Crippen LogP contribution in [0, 0.1) is 0 Å². The zero-order chi connectivity index (χ0) is 6.41. The highest BCUT2D eigenvalue weighted by atomic mass is 19.1. The molecule has 1 atom stereocenters. The molecule has 0 aromatic heterocycles. The molecule has 50 valence electrons. The van der Waals surface area contributed by atoms with Crippen LogP contribution in [0.3, 0.4) is 0 Å². The molecule has 0 saturated heterocycles. The van der Waals surface area contributed by atoms with E-state index in [2.05, 4.69) is 0 Å². The van der Waals surface area contributed by atoms with Gasteiger partial charge in [-0.1, -0.05) is 19.8 Å². The van der Waals surface area contributed by atoms with Gasteiger partial charge in [0.1, 0.15) is 6.17 Å². The first-order chi connectivity index (χ1) is 3.81. The third-order valence-electron chi connectivity index (χ3n) is 1.07. The van der Waals surface area contributed by atoms with Crippen LogP contribution in [-0.2, 0) is 0 Å². The molecular formula is C6H13FO.